The van der Waals surface area contributed by atoms with Gasteiger partial charge in [-0.1, -0.05) is 6.92 Å². The lowest BCUT2D eigenvalue weighted by Crippen LogP contribution is -2.48. The van der Waals surface area contributed by atoms with Gasteiger partial charge in [-0.05, 0) is 46.3 Å². The highest BCUT2D eigenvalue weighted by Gasteiger charge is 2.26. The fourth-order valence-corrected chi connectivity index (χ4v) is 2.07. The molecule has 0 atom stereocenters. The molecule has 1 fully saturated rings. The number of nitrogens with zero attached hydrogens (tertiary/aromatic N) is 1. The number of nitrogens with one attached hydrogen (secondary N) is 1. The molecular formula is C12H26N2O. The Balaban J connectivity index is 2.05. The van der Waals surface area contributed by atoms with Gasteiger partial charge >= 0.3 is 0 Å². The smallest absolute Gasteiger partial charge is 0.0753 e. The molecule has 0 unspecified atom stereocenters. The van der Waals surface area contributed by atoms with E-state index < -0.39 is 0 Å². The van der Waals surface area contributed by atoms with Crippen molar-refractivity contribution in [2.45, 2.75) is 39.2 Å². The lowest BCUT2D eigenvalue weighted by atomic mass is 10.1. The molecule has 0 aromatic carbocycles. The Morgan fingerprint density at radius 1 is 1.33 bits per heavy atom. The molecule has 1 saturated heterocycles. The van der Waals surface area contributed by atoms with E-state index in [1.165, 1.54) is 19.4 Å². The van der Waals surface area contributed by atoms with Crippen LogP contribution in [0.5, 0.6) is 0 Å². The lowest BCUT2D eigenvalue weighted by Gasteiger charge is -2.38. The summed E-state index contributed by atoms with van der Waals surface area (Å²) >= 11 is 0. The quantitative estimate of drug-likeness (QED) is 0.678. The number of hydrogen-bond acceptors (Lipinski definition) is 3. The van der Waals surface area contributed by atoms with Gasteiger partial charge in [-0.3, -0.25) is 4.90 Å². The normalized spacial score (nSPS) is 21.8. The largest absolute Gasteiger partial charge is 0.373 e. The molecule has 1 rings (SSSR count). The van der Waals surface area contributed by atoms with E-state index in [2.05, 4.69) is 31.0 Å². The molecular weight excluding hydrogens is 188 g/mol. The maximum absolute atomic E-state index is 5.69. The third kappa shape index (κ3) is 5.50. The van der Waals surface area contributed by atoms with Crippen molar-refractivity contribution in [3.8, 4) is 0 Å². The molecule has 0 aliphatic carbocycles. The Morgan fingerprint density at radius 3 is 2.80 bits per heavy atom. The van der Waals surface area contributed by atoms with E-state index >= 15 is 0 Å². The van der Waals surface area contributed by atoms with Gasteiger partial charge in [0.15, 0.2) is 0 Å². The molecule has 0 bridgehead atoms. The molecule has 3 heteroatoms. The summed E-state index contributed by atoms with van der Waals surface area (Å²) in [5.74, 6) is 0. The van der Waals surface area contributed by atoms with E-state index in [9.17, 15) is 0 Å². The second-order valence-electron chi connectivity index (χ2n) is 4.94. The molecule has 0 aromatic heterocycles. The number of ether oxygens (including phenoxy) is 1. The van der Waals surface area contributed by atoms with Crippen molar-refractivity contribution in [2.24, 2.45) is 0 Å². The molecule has 0 aromatic rings. The molecule has 1 aliphatic heterocycles. The van der Waals surface area contributed by atoms with Crippen molar-refractivity contribution >= 4 is 0 Å². The summed E-state index contributed by atoms with van der Waals surface area (Å²) in [6, 6.07) is 0. The standard InChI is InChI=1S/C12H26N2O/c1-4-13-7-5-6-8-14-9-10-15-12(2,3)11-14/h13H,4-11H2,1-3H3. The number of unbranched alkanes of at least 4 members (excludes halogenated alkanes) is 1. The average molecular weight is 214 g/mol. The zero-order chi connectivity index (χ0) is 11.1. The van der Waals surface area contributed by atoms with Crippen LogP contribution in [0, 0.1) is 0 Å². The van der Waals surface area contributed by atoms with E-state index in [1.807, 2.05) is 0 Å². The molecule has 3 nitrogen and oxygen atoms in total. The highest BCUT2D eigenvalue weighted by atomic mass is 16.5. The van der Waals surface area contributed by atoms with Gasteiger partial charge in [-0.15, -0.1) is 0 Å². The highest BCUT2D eigenvalue weighted by Crippen LogP contribution is 2.16. The summed E-state index contributed by atoms with van der Waals surface area (Å²) in [5, 5.41) is 3.36. The summed E-state index contributed by atoms with van der Waals surface area (Å²) in [4.78, 5) is 2.52. The Kier molecular flexibility index (Phi) is 5.58. The highest BCUT2D eigenvalue weighted by molar-refractivity contribution is 4.78. The van der Waals surface area contributed by atoms with Crippen molar-refractivity contribution in [3.05, 3.63) is 0 Å². The van der Waals surface area contributed by atoms with Crippen LogP contribution < -0.4 is 5.32 Å². The topological polar surface area (TPSA) is 24.5 Å². The SMILES string of the molecule is CCNCCCCN1CCOC(C)(C)C1. The van der Waals surface area contributed by atoms with Gasteiger partial charge in [0, 0.05) is 13.1 Å². The van der Waals surface area contributed by atoms with E-state index in [4.69, 9.17) is 4.74 Å². The summed E-state index contributed by atoms with van der Waals surface area (Å²) in [6.45, 7) is 13.0. The predicted molar refractivity (Wildman–Crippen MR) is 64.2 cm³/mol. The second-order valence-corrected chi connectivity index (χ2v) is 4.94. The molecule has 1 aliphatic rings. The fraction of sp³-hybridized carbons (Fsp3) is 1.00. The van der Waals surface area contributed by atoms with Crippen molar-refractivity contribution in [3.63, 3.8) is 0 Å². The van der Waals surface area contributed by atoms with Gasteiger partial charge in [0.25, 0.3) is 0 Å². The van der Waals surface area contributed by atoms with Gasteiger partial charge in [0.05, 0.1) is 12.2 Å². The molecule has 1 N–H and O–H groups in total. The van der Waals surface area contributed by atoms with Gasteiger partial charge in [-0.2, -0.15) is 0 Å². The molecule has 0 spiro atoms. The van der Waals surface area contributed by atoms with Crippen molar-refractivity contribution in [1.82, 2.24) is 10.2 Å². The first-order valence-corrected chi connectivity index (χ1v) is 6.21. The van der Waals surface area contributed by atoms with E-state index in [0.29, 0.717) is 0 Å². The molecule has 15 heavy (non-hydrogen) atoms. The zero-order valence-corrected chi connectivity index (χ0v) is 10.5. The zero-order valence-electron chi connectivity index (χ0n) is 10.5. The van der Waals surface area contributed by atoms with Crippen LogP contribution in [0.4, 0.5) is 0 Å². The summed E-state index contributed by atoms with van der Waals surface area (Å²) in [7, 11) is 0. The third-order valence-corrected chi connectivity index (χ3v) is 2.83. The van der Waals surface area contributed by atoms with E-state index in [1.54, 1.807) is 0 Å². The minimum Gasteiger partial charge on any atom is -0.373 e. The van der Waals surface area contributed by atoms with Crippen molar-refractivity contribution in [2.75, 3.05) is 39.3 Å². The Labute approximate surface area is 94.2 Å². The Hall–Kier alpha value is -0.120. The predicted octanol–water partition coefficient (Wildman–Crippen LogP) is 1.49. The number of rotatable bonds is 6. The molecule has 0 saturated carbocycles. The Morgan fingerprint density at radius 2 is 2.13 bits per heavy atom. The van der Waals surface area contributed by atoms with Crippen molar-refractivity contribution < 1.29 is 4.74 Å². The second kappa shape index (κ2) is 6.46. The monoisotopic (exact) mass is 214 g/mol. The first kappa shape index (κ1) is 12.9. The van der Waals surface area contributed by atoms with E-state index in [-0.39, 0.29) is 5.60 Å². The maximum Gasteiger partial charge on any atom is 0.0753 e. The maximum atomic E-state index is 5.69. The lowest BCUT2D eigenvalue weighted by molar-refractivity contribution is -0.0860. The van der Waals surface area contributed by atoms with Crippen LogP contribution in [0.3, 0.4) is 0 Å². The van der Waals surface area contributed by atoms with Crippen LogP contribution in [-0.4, -0.2) is 49.8 Å². The summed E-state index contributed by atoms with van der Waals surface area (Å²) in [5.41, 5.74) is 0.0555. The van der Waals surface area contributed by atoms with Gasteiger partial charge in [0.2, 0.25) is 0 Å². The molecule has 1 heterocycles. The van der Waals surface area contributed by atoms with Gasteiger partial charge < -0.3 is 10.1 Å². The van der Waals surface area contributed by atoms with Crippen LogP contribution in [0.1, 0.15) is 33.6 Å². The number of hydrogen-bond donors (Lipinski definition) is 1. The third-order valence-electron chi connectivity index (χ3n) is 2.83. The minimum atomic E-state index is 0.0555. The average Bonchev–Trinajstić information content (AvgIpc) is 2.16. The van der Waals surface area contributed by atoms with Gasteiger partial charge in [-0.25, -0.2) is 0 Å². The summed E-state index contributed by atoms with van der Waals surface area (Å²) in [6.07, 6.45) is 2.58. The van der Waals surface area contributed by atoms with E-state index in [0.717, 1.165) is 32.8 Å². The van der Waals surface area contributed by atoms with Crippen LogP contribution in [-0.2, 0) is 4.74 Å². The van der Waals surface area contributed by atoms with Crippen LogP contribution in [0.25, 0.3) is 0 Å². The molecule has 0 radical (unpaired) electrons. The van der Waals surface area contributed by atoms with Crippen molar-refractivity contribution in [1.29, 1.82) is 0 Å². The first-order valence-electron chi connectivity index (χ1n) is 6.21. The summed E-state index contributed by atoms with van der Waals surface area (Å²) < 4.78 is 5.69. The Bertz CT molecular complexity index is 171. The molecule has 0 amide bonds. The first-order chi connectivity index (χ1) is 7.14. The van der Waals surface area contributed by atoms with Crippen LogP contribution >= 0.6 is 0 Å². The van der Waals surface area contributed by atoms with Gasteiger partial charge in [0.1, 0.15) is 0 Å². The fourth-order valence-electron chi connectivity index (χ4n) is 2.07. The van der Waals surface area contributed by atoms with Crippen LogP contribution in [0.15, 0.2) is 0 Å². The number of morpholine rings is 1. The van der Waals surface area contributed by atoms with Crippen LogP contribution in [0.2, 0.25) is 0 Å². The molecule has 90 valence electrons. The minimum absolute atomic E-state index is 0.0555.